The maximum Gasteiger partial charge on any atom is 0.225 e. The largest absolute Gasteiger partial charge is 0.340 e. The first kappa shape index (κ1) is 17.5. The third-order valence-electron chi connectivity index (χ3n) is 5.52. The van der Waals surface area contributed by atoms with E-state index in [0.29, 0.717) is 23.8 Å². The molecule has 0 N–H and O–H groups in total. The molecule has 0 saturated carbocycles. The molecule has 5 heteroatoms. The summed E-state index contributed by atoms with van der Waals surface area (Å²) in [5, 5.41) is 0.724. The molecular formula is C21H24ClN3O. The molecule has 0 bridgehead atoms. The summed E-state index contributed by atoms with van der Waals surface area (Å²) in [4.78, 5) is 24.2. The van der Waals surface area contributed by atoms with E-state index in [1.54, 1.807) is 6.20 Å². The van der Waals surface area contributed by atoms with Crippen molar-refractivity contribution < 1.29 is 4.79 Å². The highest BCUT2D eigenvalue weighted by molar-refractivity contribution is 6.31. The van der Waals surface area contributed by atoms with Crippen LogP contribution in [0.3, 0.4) is 0 Å². The minimum atomic E-state index is 0.0886. The van der Waals surface area contributed by atoms with Gasteiger partial charge in [-0.1, -0.05) is 43.6 Å². The van der Waals surface area contributed by atoms with Crippen molar-refractivity contribution in [2.24, 2.45) is 11.8 Å². The lowest BCUT2D eigenvalue weighted by atomic mass is 9.82. The Balaban J connectivity index is 1.64. The molecule has 1 aromatic carbocycles. The van der Waals surface area contributed by atoms with E-state index in [4.69, 9.17) is 16.6 Å². The smallest absolute Gasteiger partial charge is 0.225 e. The summed E-state index contributed by atoms with van der Waals surface area (Å²) in [5.74, 6) is 2.23. The molecule has 3 atom stereocenters. The van der Waals surface area contributed by atoms with Gasteiger partial charge in [0.05, 0.1) is 11.3 Å². The molecule has 136 valence electrons. The van der Waals surface area contributed by atoms with Gasteiger partial charge in [-0.25, -0.2) is 9.97 Å². The minimum Gasteiger partial charge on any atom is -0.340 e. The summed E-state index contributed by atoms with van der Waals surface area (Å²) in [7, 11) is 0. The molecule has 2 aliphatic rings. The zero-order valence-electron chi connectivity index (χ0n) is 15.3. The number of Topliss-reactive ketones (excluding diaryl/α,β-unsaturated/α-hetero) is 1. The van der Waals surface area contributed by atoms with Crippen LogP contribution in [0.2, 0.25) is 5.02 Å². The molecule has 0 unspecified atom stereocenters. The summed E-state index contributed by atoms with van der Waals surface area (Å²) in [6.45, 7) is 6.51. The Morgan fingerprint density at radius 3 is 2.58 bits per heavy atom. The van der Waals surface area contributed by atoms with Crippen molar-refractivity contribution in [2.45, 2.75) is 39.0 Å². The van der Waals surface area contributed by atoms with E-state index in [0.717, 1.165) is 41.7 Å². The Bertz CT molecular complexity index is 828. The van der Waals surface area contributed by atoms with E-state index in [-0.39, 0.29) is 11.7 Å². The van der Waals surface area contributed by atoms with Crippen LogP contribution in [0.15, 0.2) is 30.5 Å². The van der Waals surface area contributed by atoms with Gasteiger partial charge < -0.3 is 4.90 Å². The molecule has 26 heavy (non-hydrogen) atoms. The van der Waals surface area contributed by atoms with Crippen LogP contribution < -0.4 is 4.90 Å². The second-order valence-electron chi connectivity index (χ2n) is 7.93. The van der Waals surface area contributed by atoms with Crippen LogP contribution >= 0.6 is 11.6 Å². The molecule has 0 spiro atoms. The Kier molecular flexibility index (Phi) is 4.70. The lowest BCUT2D eigenvalue weighted by Crippen LogP contribution is -2.40. The van der Waals surface area contributed by atoms with Crippen molar-refractivity contribution in [2.75, 3.05) is 18.0 Å². The van der Waals surface area contributed by atoms with E-state index in [2.05, 4.69) is 23.7 Å². The van der Waals surface area contributed by atoms with Gasteiger partial charge >= 0.3 is 0 Å². The number of piperidine rings is 1. The van der Waals surface area contributed by atoms with Crippen molar-refractivity contribution in [3.05, 3.63) is 52.3 Å². The predicted octanol–water partition coefficient (Wildman–Crippen LogP) is 4.53. The molecule has 1 fully saturated rings. The first-order valence-corrected chi connectivity index (χ1v) is 9.77. The Labute approximate surface area is 159 Å². The average Bonchev–Trinajstić information content (AvgIpc) is 2.60. The molecule has 2 aromatic rings. The first-order valence-electron chi connectivity index (χ1n) is 9.39. The van der Waals surface area contributed by atoms with Gasteiger partial charge in [-0.2, -0.15) is 0 Å². The third kappa shape index (κ3) is 3.35. The fourth-order valence-electron chi connectivity index (χ4n) is 4.44. The summed E-state index contributed by atoms with van der Waals surface area (Å²) >= 11 is 6.37. The highest BCUT2D eigenvalue weighted by Gasteiger charge is 2.30. The molecule has 0 amide bonds. The maximum absolute atomic E-state index is 12.6. The highest BCUT2D eigenvalue weighted by atomic mass is 35.5. The number of anilines is 1. The number of aromatic nitrogens is 2. The van der Waals surface area contributed by atoms with Crippen LogP contribution in [0.4, 0.5) is 5.95 Å². The zero-order valence-corrected chi connectivity index (χ0v) is 16.0. The number of hydrogen-bond donors (Lipinski definition) is 0. The number of ketones is 1. The monoisotopic (exact) mass is 369 g/mol. The number of hydrogen-bond acceptors (Lipinski definition) is 4. The quantitative estimate of drug-likeness (QED) is 0.780. The lowest BCUT2D eigenvalue weighted by Gasteiger charge is -2.35. The van der Waals surface area contributed by atoms with E-state index in [1.165, 1.54) is 6.42 Å². The van der Waals surface area contributed by atoms with Crippen LogP contribution in [0.25, 0.3) is 0 Å². The Hall–Kier alpha value is -1.94. The van der Waals surface area contributed by atoms with Crippen LogP contribution in [0.1, 0.15) is 54.2 Å². The second-order valence-corrected chi connectivity index (χ2v) is 8.34. The van der Waals surface area contributed by atoms with Crippen molar-refractivity contribution in [1.29, 1.82) is 0 Å². The molecule has 1 saturated heterocycles. The van der Waals surface area contributed by atoms with Crippen molar-refractivity contribution in [1.82, 2.24) is 9.97 Å². The average molecular weight is 370 g/mol. The predicted molar refractivity (Wildman–Crippen MR) is 104 cm³/mol. The lowest BCUT2D eigenvalue weighted by molar-refractivity contribution is 0.0962. The van der Waals surface area contributed by atoms with Gasteiger partial charge in [-0.3, -0.25) is 4.79 Å². The molecule has 1 aromatic heterocycles. The molecule has 1 aliphatic heterocycles. The Morgan fingerprint density at radius 1 is 1.12 bits per heavy atom. The minimum absolute atomic E-state index is 0.0886. The van der Waals surface area contributed by atoms with Gasteiger partial charge in [-0.05, 0) is 42.2 Å². The van der Waals surface area contributed by atoms with E-state index < -0.39 is 0 Å². The van der Waals surface area contributed by atoms with E-state index >= 15 is 0 Å². The number of benzene rings is 1. The topological polar surface area (TPSA) is 46.1 Å². The summed E-state index contributed by atoms with van der Waals surface area (Å²) < 4.78 is 0. The number of rotatable bonds is 2. The molecular weight excluding hydrogens is 346 g/mol. The number of carbonyl (C=O) groups is 1. The summed E-state index contributed by atoms with van der Waals surface area (Å²) in [5.41, 5.74) is 2.57. The number of nitrogens with zero attached hydrogens (tertiary/aromatic N) is 3. The Morgan fingerprint density at radius 2 is 1.85 bits per heavy atom. The first-order chi connectivity index (χ1) is 12.5. The van der Waals surface area contributed by atoms with Crippen LogP contribution in [-0.4, -0.2) is 28.8 Å². The van der Waals surface area contributed by atoms with Gasteiger partial charge in [0.25, 0.3) is 0 Å². The van der Waals surface area contributed by atoms with Gasteiger partial charge in [0.2, 0.25) is 5.95 Å². The van der Waals surface area contributed by atoms with E-state index in [9.17, 15) is 4.79 Å². The molecule has 0 radical (unpaired) electrons. The fraction of sp³-hybridized carbons (Fsp3) is 0.476. The maximum atomic E-state index is 12.6. The number of fused-ring (bicyclic) bond motifs is 1. The van der Waals surface area contributed by atoms with Crippen LogP contribution in [0.5, 0.6) is 0 Å². The highest BCUT2D eigenvalue weighted by Crippen LogP contribution is 2.35. The normalized spacial score (nSPS) is 25.9. The second kappa shape index (κ2) is 6.99. The van der Waals surface area contributed by atoms with Crippen LogP contribution in [-0.2, 0) is 6.42 Å². The molecule has 4 nitrogen and oxygen atoms in total. The van der Waals surface area contributed by atoms with E-state index in [1.807, 2.05) is 24.3 Å². The SMILES string of the molecule is C[C@@H]1C[C@@H](C)CN(c2ncc3c(n2)C[C@H](c2ccccc2Cl)CC3=O)C1. The summed E-state index contributed by atoms with van der Waals surface area (Å²) in [6, 6.07) is 7.80. The fourth-order valence-corrected chi connectivity index (χ4v) is 4.73. The van der Waals surface area contributed by atoms with Gasteiger partial charge in [0, 0.05) is 30.7 Å². The van der Waals surface area contributed by atoms with Gasteiger partial charge in [0.1, 0.15) is 0 Å². The van der Waals surface area contributed by atoms with Gasteiger partial charge in [-0.15, -0.1) is 0 Å². The summed E-state index contributed by atoms with van der Waals surface area (Å²) in [6.07, 6.45) is 4.18. The standard InChI is InChI=1S/C21H24ClN3O/c1-13-7-14(2)12-25(11-13)21-23-10-17-19(24-21)8-15(9-20(17)26)16-5-3-4-6-18(16)22/h3-6,10,13-15H,7-9,11-12H2,1-2H3/t13-,14-,15+/m1/s1. The molecule has 1 aliphatic carbocycles. The van der Waals surface area contributed by atoms with Crippen molar-refractivity contribution >= 4 is 23.3 Å². The third-order valence-corrected chi connectivity index (χ3v) is 5.87. The zero-order chi connectivity index (χ0) is 18.3. The number of carbonyl (C=O) groups excluding carboxylic acids is 1. The van der Waals surface area contributed by atoms with Crippen LogP contribution in [0, 0.1) is 11.8 Å². The van der Waals surface area contributed by atoms with Gasteiger partial charge in [0.15, 0.2) is 5.78 Å². The molecule has 2 heterocycles. The number of halogens is 1. The van der Waals surface area contributed by atoms with Crippen molar-refractivity contribution in [3.8, 4) is 0 Å². The molecule has 4 rings (SSSR count). The van der Waals surface area contributed by atoms with Crippen molar-refractivity contribution in [3.63, 3.8) is 0 Å².